The summed E-state index contributed by atoms with van der Waals surface area (Å²) in [7, 11) is 0. The molecule has 2 nitrogen and oxygen atoms in total. The van der Waals surface area contributed by atoms with Gasteiger partial charge in [-0.15, -0.1) is 0 Å². The maximum Gasteiger partial charge on any atom is 0.123 e. The van der Waals surface area contributed by atoms with Crippen molar-refractivity contribution in [1.29, 1.82) is 0 Å². The van der Waals surface area contributed by atoms with Crippen LogP contribution in [-0.2, 0) is 0 Å². The van der Waals surface area contributed by atoms with Crippen LogP contribution in [0.4, 0.5) is 0 Å². The van der Waals surface area contributed by atoms with Gasteiger partial charge in [-0.05, 0) is 130 Å². The lowest BCUT2D eigenvalue weighted by Gasteiger charge is -2.36. The zero-order valence-corrected chi connectivity index (χ0v) is 19.7. The van der Waals surface area contributed by atoms with Gasteiger partial charge in [0.25, 0.3) is 0 Å². The highest BCUT2D eigenvalue weighted by Gasteiger charge is 2.29. The second-order valence-corrected chi connectivity index (χ2v) is 10.7. The largest absolute Gasteiger partial charge is 0.493 e. The third-order valence-corrected chi connectivity index (χ3v) is 8.24. The first-order valence-electron chi connectivity index (χ1n) is 12.5. The smallest absolute Gasteiger partial charge is 0.123 e. The molecule has 0 N–H and O–H groups in total. The number of rotatable bonds is 8. The van der Waals surface area contributed by atoms with Gasteiger partial charge in [0.1, 0.15) is 18.1 Å². The van der Waals surface area contributed by atoms with Gasteiger partial charge in [0, 0.05) is 0 Å². The Bertz CT molecular complexity index is 735. The summed E-state index contributed by atoms with van der Waals surface area (Å²) in [4.78, 5) is 0. The van der Waals surface area contributed by atoms with E-state index in [9.17, 15) is 0 Å². The molecule has 1 aromatic rings. The van der Waals surface area contributed by atoms with Crippen LogP contribution in [-0.4, -0.2) is 13.2 Å². The summed E-state index contributed by atoms with van der Waals surface area (Å²) in [6, 6.07) is 4.20. The van der Waals surface area contributed by atoms with Crippen molar-refractivity contribution in [2.75, 3.05) is 13.2 Å². The van der Waals surface area contributed by atoms with Crippen molar-refractivity contribution >= 4 is 0 Å². The minimum absolute atomic E-state index is 0.745. The number of ether oxygens (including phenoxy) is 2. The van der Waals surface area contributed by atoms with Crippen molar-refractivity contribution in [2.24, 2.45) is 29.6 Å². The lowest BCUT2D eigenvalue weighted by Crippen LogP contribution is -2.25. The first kappa shape index (κ1) is 21.8. The third-order valence-electron chi connectivity index (χ3n) is 8.24. The van der Waals surface area contributed by atoms with Gasteiger partial charge in [-0.2, -0.15) is 0 Å². The Morgan fingerprint density at radius 1 is 0.833 bits per heavy atom. The van der Waals surface area contributed by atoms with Crippen LogP contribution < -0.4 is 9.47 Å². The van der Waals surface area contributed by atoms with Gasteiger partial charge in [0.05, 0.1) is 6.61 Å². The lowest BCUT2D eigenvalue weighted by atomic mass is 9.69. The Hall–Kier alpha value is -1.44. The molecular weight excluding hydrogens is 368 g/mol. The SMILES string of the molecule is Cc1c(OCC2=CCC(C3CCC(C(C)C)CC3)CC2)ccc(OCC2CC2)c1C. The molecule has 0 heterocycles. The Balaban J connectivity index is 1.25. The average molecular weight is 411 g/mol. The Kier molecular flexibility index (Phi) is 7.11. The monoisotopic (exact) mass is 410 g/mol. The fourth-order valence-corrected chi connectivity index (χ4v) is 5.50. The zero-order valence-electron chi connectivity index (χ0n) is 19.7. The standard InChI is InChI=1S/C28H42O2/c1-19(2)24-11-13-26(14-12-24)25-9-7-23(8-10-25)18-30-28-16-15-27(20(3)21(28)4)29-17-22-5-6-22/h7,15-16,19,22,24-26H,5-6,8-14,17-18H2,1-4H3. The van der Waals surface area contributed by atoms with Crippen molar-refractivity contribution in [2.45, 2.75) is 85.5 Å². The van der Waals surface area contributed by atoms with E-state index in [4.69, 9.17) is 9.47 Å². The van der Waals surface area contributed by atoms with Gasteiger partial charge in [-0.3, -0.25) is 0 Å². The molecule has 0 spiro atoms. The quantitative estimate of drug-likeness (QED) is 0.410. The molecule has 0 saturated heterocycles. The second-order valence-electron chi connectivity index (χ2n) is 10.7. The normalized spacial score (nSPS) is 27.1. The van der Waals surface area contributed by atoms with Crippen LogP contribution in [0.3, 0.4) is 0 Å². The van der Waals surface area contributed by atoms with E-state index in [1.165, 1.54) is 74.5 Å². The van der Waals surface area contributed by atoms with Crippen LogP contribution in [0.2, 0.25) is 0 Å². The predicted octanol–water partition coefficient (Wildman–Crippen LogP) is 7.66. The maximum absolute atomic E-state index is 6.25. The molecule has 2 fully saturated rings. The van der Waals surface area contributed by atoms with Gasteiger partial charge in [-0.25, -0.2) is 0 Å². The van der Waals surface area contributed by atoms with Crippen molar-refractivity contribution in [3.8, 4) is 11.5 Å². The highest BCUT2D eigenvalue weighted by molar-refractivity contribution is 5.47. The Labute approximate surface area is 184 Å². The highest BCUT2D eigenvalue weighted by Crippen LogP contribution is 2.41. The number of hydrogen-bond acceptors (Lipinski definition) is 2. The molecule has 166 valence electrons. The van der Waals surface area contributed by atoms with Gasteiger partial charge in [0.2, 0.25) is 0 Å². The van der Waals surface area contributed by atoms with Crippen LogP contribution in [0.5, 0.6) is 11.5 Å². The van der Waals surface area contributed by atoms with Gasteiger partial charge < -0.3 is 9.47 Å². The summed E-state index contributed by atoms with van der Waals surface area (Å²) in [5.74, 6) is 6.54. The molecule has 1 atom stereocenters. The van der Waals surface area contributed by atoms with E-state index < -0.39 is 0 Å². The summed E-state index contributed by atoms with van der Waals surface area (Å²) in [5, 5.41) is 0. The van der Waals surface area contributed by atoms with Crippen LogP contribution in [0.25, 0.3) is 0 Å². The third kappa shape index (κ3) is 5.42. The molecule has 1 aromatic carbocycles. The van der Waals surface area contributed by atoms with E-state index in [-0.39, 0.29) is 0 Å². The van der Waals surface area contributed by atoms with Gasteiger partial charge in [-0.1, -0.05) is 19.9 Å². The van der Waals surface area contributed by atoms with Crippen molar-refractivity contribution in [1.82, 2.24) is 0 Å². The second kappa shape index (κ2) is 9.79. The van der Waals surface area contributed by atoms with E-state index in [1.54, 1.807) is 0 Å². The van der Waals surface area contributed by atoms with Crippen molar-refractivity contribution in [3.63, 3.8) is 0 Å². The number of allylic oxidation sites excluding steroid dienone is 1. The highest BCUT2D eigenvalue weighted by atomic mass is 16.5. The number of benzene rings is 1. The lowest BCUT2D eigenvalue weighted by molar-refractivity contribution is 0.165. The van der Waals surface area contributed by atoms with Crippen molar-refractivity contribution in [3.05, 3.63) is 34.9 Å². The molecule has 1 unspecified atom stereocenters. The molecule has 2 heteroatoms. The average Bonchev–Trinajstić information content (AvgIpc) is 3.59. The molecule has 4 rings (SSSR count). The summed E-state index contributed by atoms with van der Waals surface area (Å²) < 4.78 is 12.3. The van der Waals surface area contributed by atoms with Gasteiger partial charge in [0.15, 0.2) is 0 Å². The molecule has 0 amide bonds. The van der Waals surface area contributed by atoms with Gasteiger partial charge >= 0.3 is 0 Å². The van der Waals surface area contributed by atoms with Crippen LogP contribution in [0.15, 0.2) is 23.8 Å². The topological polar surface area (TPSA) is 18.5 Å². The fourth-order valence-electron chi connectivity index (χ4n) is 5.50. The molecule has 0 bridgehead atoms. The Morgan fingerprint density at radius 2 is 1.50 bits per heavy atom. The predicted molar refractivity (Wildman–Crippen MR) is 125 cm³/mol. The number of hydrogen-bond donors (Lipinski definition) is 0. The molecule has 0 aromatic heterocycles. The van der Waals surface area contributed by atoms with Crippen LogP contribution in [0.1, 0.15) is 82.8 Å². The van der Waals surface area contributed by atoms with E-state index in [2.05, 4.69) is 45.9 Å². The zero-order chi connectivity index (χ0) is 21.1. The molecule has 3 aliphatic carbocycles. The van der Waals surface area contributed by atoms with E-state index in [0.717, 1.165) is 54.3 Å². The molecule has 0 radical (unpaired) electrons. The summed E-state index contributed by atoms with van der Waals surface area (Å²) >= 11 is 0. The molecule has 30 heavy (non-hydrogen) atoms. The minimum Gasteiger partial charge on any atom is -0.493 e. The van der Waals surface area contributed by atoms with Crippen LogP contribution in [0, 0.1) is 43.4 Å². The first-order valence-corrected chi connectivity index (χ1v) is 12.5. The van der Waals surface area contributed by atoms with E-state index in [0.29, 0.717) is 0 Å². The molecule has 3 aliphatic rings. The van der Waals surface area contributed by atoms with Crippen molar-refractivity contribution < 1.29 is 9.47 Å². The van der Waals surface area contributed by atoms with E-state index in [1.807, 2.05) is 0 Å². The first-order chi connectivity index (χ1) is 14.5. The summed E-state index contributed by atoms with van der Waals surface area (Å²) in [6.07, 6.45) is 14.8. The molecule has 2 saturated carbocycles. The summed E-state index contributed by atoms with van der Waals surface area (Å²) in [5.41, 5.74) is 3.94. The maximum atomic E-state index is 6.25. The minimum atomic E-state index is 0.745. The molecule has 0 aliphatic heterocycles. The summed E-state index contributed by atoms with van der Waals surface area (Å²) in [6.45, 7) is 10.7. The molecular formula is C28H42O2. The van der Waals surface area contributed by atoms with Crippen LogP contribution >= 0.6 is 0 Å². The Morgan fingerprint density at radius 3 is 2.07 bits per heavy atom. The van der Waals surface area contributed by atoms with E-state index >= 15 is 0 Å². The fraction of sp³-hybridized carbons (Fsp3) is 0.714.